The van der Waals surface area contributed by atoms with Crippen molar-refractivity contribution in [3.63, 3.8) is 0 Å². The Hall–Kier alpha value is -2.44. The summed E-state index contributed by atoms with van der Waals surface area (Å²) in [5.74, 6) is 0.0502. The molecule has 3 aromatic rings. The van der Waals surface area contributed by atoms with E-state index in [-0.39, 0.29) is 11.5 Å². The molecule has 1 aromatic carbocycles. The average Bonchev–Trinajstić information content (AvgIpc) is 3.37. The number of carbonyl (C=O) groups excluding carboxylic acids is 1. The molecule has 0 N–H and O–H groups in total. The average molecular weight is 394 g/mol. The monoisotopic (exact) mass is 393 g/mol. The zero-order valence-corrected chi connectivity index (χ0v) is 16.7. The van der Waals surface area contributed by atoms with E-state index in [2.05, 4.69) is 16.5 Å². The molecule has 1 spiro atoms. The number of thiophene rings is 1. The van der Waals surface area contributed by atoms with Crippen molar-refractivity contribution in [1.82, 2.24) is 14.7 Å². The first-order valence-electron chi connectivity index (χ1n) is 9.76. The first-order valence-corrected chi connectivity index (χ1v) is 10.6. The second-order valence-electron chi connectivity index (χ2n) is 7.56. The lowest BCUT2D eigenvalue weighted by atomic mass is 9.85. The van der Waals surface area contributed by atoms with Gasteiger partial charge in [-0.3, -0.25) is 9.48 Å². The lowest BCUT2D eigenvalue weighted by molar-refractivity contribution is -0.0906. The Morgan fingerprint density at radius 1 is 1.18 bits per heavy atom. The smallest absolute Gasteiger partial charge is 0.272 e. The molecule has 0 bridgehead atoms. The quantitative estimate of drug-likeness (QED) is 0.664. The zero-order chi connectivity index (χ0) is 19.1. The third-order valence-electron chi connectivity index (χ3n) is 5.94. The summed E-state index contributed by atoms with van der Waals surface area (Å²) in [7, 11) is 1.84. The fourth-order valence-electron chi connectivity index (χ4n) is 4.38. The minimum Gasteiger partial charge on any atom is -0.369 e. The molecule has 144 valence electrons. The lowest BCUT2D eigenvalue weighted by Crippen LogP contribution is -2.48. The number of amides is 1. The number of hydrogen-bond acceptors (Lipinski definition) is 4. The number of aromatic nitrogens is 2. The molecule has 6 heteroatoms. The van der Waals surface area contributed by atoms with Crippen LogP contribution in [-0.2, 0) is 23.8 Å². The van der Waals surface area contributed by atoms with Crippen LogP contribution in [0, 0.1) is 0 Å². The highest BCUT2D eigenvalue weighted by Crippen LogP contribution is 2.44. The van der Waals surface area contributed by atoms with Crippen molar-refractivity contribution in [1.29, 1.82) is 0 Å². The summed E-state index contributed by atoms with van der Waals surface area (Å²) in [4.78, 5) is 16.5. The van der Waals surface area contributed by atoms with Crippen LogP contribution in [0.25, 0.3) is 11.3 Å². The molecule has 0 aliphatic carbocycles. The van der Waals surface area contributed by atoms with Crippen LogP contribution in [0.15, 0.2) is 47.8 Å². The van der Waals surface area contributed by atoms with Gasteiger partial charge in [0.15, 0.2) is 0 Å². The van der Waals surface area contributed by atoms with Gasteiger partial charge in [-0.25, -0.2) is 0 Å². The van der Waals surface area contributed by atoms with E-state index in [1.807, 2.05) is 48.3 Å². The van der Waals surface area contributed by atoms with Crippen LogP contribution >= 0.6 is 11.3 Å². The number of ether oxygens (including phenoxy) is 1. The minimum absolute atomic E-state index is 0.0502. The number of carbonyl (C=O) groups is 1. The van der Waals surface area contributed by atoms with E-state index >= 15 is 0 Å². The SMILES string of the molecule is Cn1nc(-c2ccccc2)cc1C(=O)N1CCC2(CC1)OCCc1ccsc12. The maximum absolute atomic E-state index is 13.2. The second-order valence-corrected chi connectivity index (χ2v) is 8.48. The topological polar surface area (TPSA) is 47.4 Å². The van der Waals surface area contributed by atoms with Crippen molar-refractivity contribution in [3.8, 4) is 11.3 Å². The highest BCUT2D eigenvalue weighted by Gasteiger charge is 2.42. The summed E-state index contributed by atoms with van der Waals surface area (Å²) in [6, 6.07) is 14.1. The van der Waals surface area contributed by atoms with E-state index in [1.165, 1.54) is 10.4 Å². The number of piperidine rings is 1. The standard InChI is InChI=1S/C22H23N3O2S/c1-24-19(15-18(23-24)16-5-3-2-4-6-16)21(26)25-11-9-22(10-12-25)20-17(7-13-27-22)8-14-28-20/h2-6,8,14-15H,7,9-13H2,1H3. The summed E-state index contributed by atoms with van der Waals surface area (Å²) in [6.07, 6.45) is 2.71. The normalized spacial score (nSPS) is 18.2. The molecule has 1 amide bonds. The fraction of sp³-hybridized carbons (Fsp3) is 0.364. The van der Waals surface area contributed by atoms with Gasteiger partial charge < -0.3 is 9.64 Å². The Bertz CT molecular complexity index is 1000. The first kappa shape index (κ1) is 17.6. The number of aryl methyl sites for hydroxylation is 1. The Kier molecular flexibility index (Phi) is 4.33. The van der Waals surface area contributed by atoms with Gasteiger partial charge in [-0.1, -0.05) is 30.3 Å². The van der Waals surface area contributed by atoms with Crippen LogP contribution in [0.5, 0.6) is 0 Å². The third kappa shape index (κ3) is 2.88. The summed E-state index contributed by atoms with van der Waals surface area (Å²) < 4.78 is 7.96. The maximum atomic E-state index is 13.2. The highest BCUT2D eigenvalue weighted by molar-refractivity contribution is 7.10. The molecule has 4 heterocycles. The van der Waals surface area contributed by atoms with Crippen LogP contribution in [0.3, 0.4) is 0 Å². The number of hydrogen-bond donors (Lipinski definition) is 0. The van der Waals surface area contributed by atoms with Crippen molar-refractivity contribution >= 4 is 17.2 Å². The van der Waals surface area contributed by atoms with Gasteiger partial charge in [0.1, 0.15) is 11.3 Å². The summed E-state index contributed by atoms with van der Waals surface area (Å²) >= 11 is 1.80. The largest absolute Gasteiger partial charge is 0.369 e. The molecule has 2 aromatic heterocycles. The fourth-order valence-corrected chi connectivity index (χ4v) is 5.54. The van der Waals surface area contributed by atoms with Gasteiger partial charge in [0.25, 0.3) is 5.91 Å². The van der Waals surface area contributed by atoms with Gasteiger partial charge in [0.05, 0.1) is 12.3 Å². The second kappa shape index (κ2) is 6.87. The van der Waals surface area contributed by atoms with Crippen LogP contribution in [0.4, 0.5) is 0 Å². The molecule has 5 nitrogen and oxygen atoms in total. The first-order chi connectivity index (χ1) is 13.7. The van der Waals surface area contributed by atoms with Crippen molar-refractivity contribution in [2.75, 3.05) is 19.7 Å². The van der Waals surface area contributed by atoms with Crippen LogP contribution in [-0.4, -0.2) is 40.3 Å². The molecular formula is C22H23N3O2S. The van der Waals surface area contributed by atoms with Crippen LogP contribution in [0.1, 0.15) is 33.8 Å². The lowest BCUT2D eigenvalue weighted by Gasteiger charge is -2.43. The number of fused-ring (bicyclic) bond motifs is 2. The molecule has 0 unspecified atom stereocenters. The van der Waals surface area contributed by atoms with Crippen molar-refractivity contribution < 1.29 is 9.53 Å². The minimum atomic E-state index is -0.194. The molecule has 0 saturated carbocycles. The van der Waals surface area contributed by atoms with E-state index in [9.17, 15) is 4.79 Å². The van der Waals surface area contributed by atoms with Gasteiger partial charge in [0, 0.05) is 30.6 Å². The molecule has 0 atom stereocenters. The highest BCUT2D eigenvalue weighted by atomic mass is 32.1. The molecular weight excluding hydrogens is 370 g/mol. The van der Waals surface area contributed by atoms with Crippen molar-refractivity contribution in [2.24, 2.45) is 7.05 Å². The van der Waals surface area contributed by atoms with Gasteiger partial charge in [-0.15, -0.1) is 11.3 Å². The van der Waals surface area contributed by atoms with Crippen molar-refractivity contribution in [2.45, 2.75) is 24.9 Å². The summed E-state index contributed by atoms with van der Waals surface area (Å²) in [6.45, 7) is 2.20. The van der Waals surface area contributed by atoms with Gasteiger partial charge in [0.2, 0.25) is 0 Å². The van der Waals surface area contributed by atoms with Crippen LogP contribution in [0.2, 0.25) is 0 Å². The third-order valence-corrected chi connectivity index (χ3v) is 7.08. The molecule has 0 radical (unpaired) electrons. The van der Waals surface area contributed by atoms with Gasteiger partial charge >= 0.3 is 0 Å². The van der Waals surface area contributed by atoms with E-state index in [1.54, 1.807) is 16.0 Å². The maximum Gasteiger partial charge on any atom is 0.272 e. The number of benzene rings is 1. The summed E-state index contributed by atoms with van der Waals surface area (Å²) in [5.41, 5.74) is 3.72. The molecule has 1 fully saturated rings. The van der Waals surface area contributed by atoms with E-state index in [0.29, 0.717) is 18.8 Å². The Labute approximate surface area is 168 Å². The van der Waals surface area contributed by atoms with Gasteiger partial charge in [-0.05, 0) is 42.3 Å². The predicted octanol–water partition coefficient (Wildman–Crippen LogP) is 3.85. The van der Waals surface area contributed by atoms with Gasteiger partial charge in [-0.2, -0.15) is 5.10 Å². The number of likely N-dealkylation sites (tertiary alicyclic amines) is 1. The van der Waals surface area contributed by atoms with E-state index < -0.39 is 0 Å². The number of nitrogens with zero attached hydrogens (tertiary/aromatic N) is 3. The Morgan fingerprint density at radius 3 is 2.75 bits per heavy atom. The van der Waals surface area contributed by atoms with Crippen molar-refractivity contribution in [3.05, 3.63) is 64.0 Å². The van der Waals surface area contributed by atoms with E-state index in [4.69, 9.17) is 4.74 Å². The summed E-state index contributed by atoms with van der Waals surface area (Å²) in [5, 5.41) is 6.72. The number of rotatable bonds is 2. The molecule has 2 aliphatic heterocycles. The van der Waals surface area contributed by atoms with Crippen LogP contribution < -0.4 is 0 Å². The van der Waals surface area contributed by atoms with E-state index in [0.717, 1.165) is 37.1 Å². The molecule has 5 rings (SSSR count). The zero-order valence-electron chi connectivity index (χ0n) is 15.9. The predicted molar refractivity (Wildman–Crippen MR) is 109 cm³/mol. The molecule has 2 aliphatic rings. The molecule has 1 saturated heterocycles. The Morgan fingerprint density at radius 2 is 1.96 bits per heavy atom. The molecule has 28 heavy (non-hydrogen) atoms. The Balaban J connectivity index is 1.34.